The second-order valence-electron chi connectivity index (χ2n) is 5.16. The van der Waals surface area contributed by atoms with Crippen molar-refractivity contribution in [1.29, 1.82) is 0 Å². The Morgan fingerprint density at radius 1 is 1.19 bits per heavy atom. The molecule has 3 rings (SSSR count). The molecule has 0 aliphatic carbocycles. The molecule has 0 N–H and O–H groups in total. The second kappa shape index (κ2) is 5.05. The van der Waals surface area contributed by atoms with Crippen molar-refractivity contribution in [2.75, 3.05) is 13.1 Å². The van der Waals surface area contributed by atoms with E-state index in [1.54, 1.807) is 6.33 Å². The first kappa shape index (κ1) is 13.9. The Bertz CT molecular complexity index is 657. The van der Waals surface area contributed by atoms with E-state index >= 15 is 0 Å². The molecule has 2 aromatic rings. The van der Waals surface area contributed by atoms with Crippen LogP contribution in [0.5, 0.6) is 0 Å². The Morgan fingerprint density at radius 2 is 1.86 bits per heavy atom. The lowest BCUT2D eigenvalue weighted by Gasteiger charge is -2.33. The normalized spacial score (nSPS) is 17.4. The number of carbonyl (C=O) groups excluding carboxylic acids is 1. The standard InChI is InChI=1S/C14H14F3N3O/c15-14(16,17)13(21)19-7-5-10(6-8-19)20-9-18-11-3-1-2-4-12(11)20/h1-4,9-10H,5-8H2. The Kier molecular flexibility index (Phi) is 3.35. The maximum atomic E-state index is 12.4. The number of halogens is 3. The van der Waals surface area contributed by atoms with Crippen LogP contribution < -0.4 is 0 Å². The SMILES string of the molecule is O=C(N1CCC(n2cnc3ccccc32)CC1)C(F)(F)F. The highest BCUT2D eigenvalue weighted by Crippen LogP contribution is 2.28. The molecule has 0 spiro atoms. The first-order valence-electron chi connectivity index (χ1n) is 6.74. The van der Waals surface area contributed by atoms with Gasteiger partial charge < -0.3 is 9.47 Å². The summed E-state index contributed by atoms with van der Waals surface area (Å²) in [6, 6.07) is 7.71. The minimum absolute atomic E-state index is 0.0784. The molecule has 0 atom stereocenters. The summed E-state index contributed by atoms with van der Waals surface area (Å²) in [5.41, 5.74) is 1.84. The van der Waals surface area contributed by atoms with Gasteiger partial charge in [-0.2, -0.15) is 13.2 Å². The van der Waals surface area contributed by atoms with Gasteiger partial charge in [0.15, 0.2) is 0 Å². The Morgan fingerprint density at radius 3 is 2.52 bits per heavy atom. The number of amides is 1. The van der Waals surface area contributed by atoms with E-state index in [1.165, 1.54) is 0 Å². The molecule has 0 unspecified atom stereocenters. The minimum atomic E-state index is -4.78. The summed E-state index contributed by atoms with van der Waals surface area (Å²) in [5, 5.41) is 0. The molecule has 2 heterocycles. The summed E-state index contributed by atoms with van der Waals surface area (Å²) in [6.07, 6.45) is -2.06. The largest absolute Gasteiger partial charge is 0.471 e. The van der Waals surface area contributed by atoms with E-state index in [-0.39, 0.29) is 19.1 Å². The fourth-order valence-corrected chi connectivity index (χ4v) is 2.80. The first-order valence-corrected chi connectivity index (χ1v) is 6.74. The molecular weight excluding hydrogens is 283 g/mol. The van der Waals surface area contributed by atoms with Gasteiger partial charge in [-0.25, -0.2) is 4.98 Å². The molecule has 1 aromatic carbocycles. The van der Waals surface area contributed by atoms with E-state index in [0.29, 0.717) is 12.8 Å². The molecule has 21 heavy (non-hydrogen) atoms. The van der Waals surface area contributed by atoms with Crippen LogP contribution in [0.25, 0.3) is 11.0 Å². The van der Waals surface area contributed by atoms with Gasteiger partial charge in [0.25, 0.3) is 0 Å². The number of benzene rings is 1. The number of fused-ring (bicyclic) bond motifs is 1. The predicted octanol–water partition coefficient (Wildman–Crippen LogP) is 2.76. The van der Waals surface area contributed by atoms with Gasteiger partial charge in [-0.05, 0) is 25.0 Å². The smallest absolute Gasteiger partial charge is 0.335 e. The van der Waals surface area contributed by atoms with Crippen LogP contribution in [0.1, 0.15) is 18.9 Å². The number of piperidine rings is 1. The maximum absolute atomic E-state index is 12.4. The lowest BCUT2D eigenvalue weighted by Crippen LogP contribution is -2.45. The number of carbonyl (C=O) groups is 1. The first-order chi connectivity index (χ1) is 9.97. The minimum Gasteiger partial charge on any atom is -0.335 e. The van der Waals surface area contributed by atoms with E-state index in [1.807, 2.05) is 28.8 Å². The number of hydrogen-bond acceptors (Lipinski definition) is 2. The van der Waals surface area contributed by atoms with Crippen molar-refractivity contribution in [3.8, 4) is 0 Å². The Balaban J connectivity index is 1.73. The van der Waals surface area contributed by atoms with Crippen molar-refractivity contribution in [1.82, 2.24) is 14.5 Å². The van der Waals surface area contributed by atoms with E-state index in [9.17, 15) is 18.0 Å². The summed E-state index contributed by atoms with van der Waals surface area (Å²) in [4.78, 5) is 16.4. The van der Waals surface area contributed by atoms with Gasteiger partial charge in [0.1, 0.15) is 0 Å². The number of likely N-dealkylation sites (tertiary alicyclic amines) is 1. The third-order valence-electron chi connectivity index (χ3n) is 3.87. The monoisotopic (exact) mass is 297 g/mol. The molecule has 1 aliphatic heterocycles. The average molecular weight is 297 g/mol. The average Bonchev–Trinajstić information content (AvgIpc) is 2.90. The van der Waals surface area contributed by atoms with Crippen LogP contribution in [0.3, 0.4) is 0 Å². The number of rotatable bonds is 1. The van der Waals surface area contributed by atoms with Crippen molar-refractivity contribution in [3.63, 3.8) is 0 Å². The molecule has 1 saturated heterocycles. The summed E-state index contributed by atoms with van der Waals surface area (Å²) >= 11 is 0. The molecule has 0 radical (unpaired) electrons. The van der Waals surface area contributed by atoms with Gasteiger partial charge in [-0.15, -0.1) is 0 Å². The molecular formula is C14H14F3N3O. The lowest BCUT2D eigenvalue weighted by atomic mass is 10.0. The summed E-state index contributed by atoms with van der Waals surface area (Å²) < 4.78 is 39.2. The van der Waals surface area contributed by atoms with Gasteiger partial charge in [0.2, 0.25) is 0 Å². The van der Waals surface area contributed by atoms with Crippen LogP contribution in [0.2, 0.25) is 0 Å². The fourth-order valence-electron chi connectivity index (χ4n) is 2.80. The predicted molar refractivity (Wildman–Crippen MR) is 70.6 cm³/mol. The second-order valence-corrected chi connectivity index (χ2v) is 5.16. The van der Waals surface area contributed by atoms with Gasteiger partial charge in [0.05, 0.1) is 17.4 Å². The zero-order valence-corrected chi connectivity index (χ0v) is 11.2. The zero-order chi connectivity index (χ0) is 15.0. The molecule has 1 aliphatic rings. The van der Waals surface area contributed by atoms with Crippen molar-refractivity contribution < 1.29 is 18.0 Å². The highest BCUT2D eigenvalue weighted by atomic mass is 19.4. The molecule has 1 aromatic heterocycles. The van der Waals surface area contributed by atoms with Gasteiger partial charge in [0, 0.05) is 19.1 Å². The molecule has 112 valence electrons. The van der Waals surface area contributed by atoms with Gasteiger partial charge >= 0.3 is 12.1 Å². The molecule has 4 nitrogen and oxygen atoms in total. The van der Waals surface area contributed by atoms with Crippen LogP contribution in [-0.2, 0) is 4.79 Å². The highest BCUT2D eigenvalue weighted by molar-refractivity contribution is 5.82. The number of hydrogen-bond donors (Lipinski definition) is 0. The number of aromatic nitrogens is 2. The van der Waals surface area contributed by atoms with Crippen molar-refractivity contribution in [3.05, 3.63) is 30.6 Å². The van der Waals surface area contributed by atoms with Crippen LogP contribution in [0.4, 0.5) is 13.2 Å². The van der Waals surface area contributed by atoms with Crippen molar-refractivity contribution in [2.45, 2.75) is 25.1 Å². The Hall–Kier alpha value is -2.05. The molecule has 1 amide bonds. The number of imidazole rings is 1. The zero-order valence-electron chi connectivity index (χ0n) is 11.2. The summed E-state index contributed by atoms with van der Waals surface area (Å²) in [5.74, 6) is -1.74. The van der Waals surface area contributed by atoms with E-state index < -0.39 is 12.1 Å². The van der Waals surface area contributed by atoms with Crippen LogP contribution >= 0.6 is 0 Å². The van der Waals surface area contributed by atoms with Crippen molar-refractivity contribution in [2.24, 2.45) is 0 Å². The van der Waals surface area contributed by atoms with Gasteiger partial charge in [-0.1, -0.05) is 12.1 Å². The number of nitrogens with zero attached hydrogens (tertiary/aromatic N) is 3. The Labute approximate surface area is 119 Å². The lowest BCUT2D eigenvalue weighted by molar-refractivity contribution is -0.186. The van der Waals surface area contributed by atoms with Crippen LogP contribution in [-0.4, -0.2) is 39.6 Å². The number of para-hydroxylation sites is 2. The van der Waals surface area contributed by atoms with Gasteiger partial charge in [-0.3, -0.25) is 4.79 Å². The topological polar surface area (TPSA) is 38.1 Å². The molecule has 7 heteroatoms. The van der Waals surface area contributed by atoms with E-state index in [2.05, 4.69) is 4.98 Å². The molecule has 0 saturated carbocycles. The highest BCUT2D eigenvalue weighted by Gasteiger charge is 2.43. The van der Waals surface area contributed by atoms with Crippen LogP contribution in [0, 0.1) is 0 Å². The molecule has 1 fully saturated rings. The van der Waals surface area contributed by atoms with Crippen molar-refractivity contribution >= 4 is 16.9 Å². The fraction of sp³-hybridized carbons (Fsp3) is 0.429. The quantitative estimate of drug-likeness (QED) is 0.812. The summed E-state index contributed by atoms with van der Waals surface area (Å²) in [6.45, 7) is 0.241. The van der Waals surface area contributed by atoms with Crippen LogP contribution in [0.15, 0.2) is 30.6 Å². The maximum Gasteiger partial charge on any atom is 0.471 e. The third-order valence-corrected chi connectivity index (χ3v) is 3.87. The number of alkyl halides is 3. The van der Waals surface area contributed by atoms with E-state index in [4.69, 9.17) is 0 Å². The van der Waals surface area contributed by atoms with E-state index in [0.717, 1.165) is 15.9 Å². The molecule has 0 bridgehead atoms. The third kappa shape index (κ3) is 2.59. The summed E-state index contributed by atoms with van der Waals surface area (Å²) in [7, 11) is 0.